The Labute approximate surface area is 91.4 Å². The number of aliphatic imine (C=N–C) groups is 1. The van der Waals surface area contributed by atoms with Crippen LogP contribution < -0.4 is 5.32 Å². The van der Waals surface area contributed by atoms with Gasteiger partial charge in [-0.25, -0.2) is 0 Å². The maximum atomic E-state index is 9.30. The van der Waals surface area contributed by atoms with E-state index in [9.17, 15) is 10.2 Å². The predicted molar refractivity (Wildman–Crippen MR) is 61.1 cm³/mol. The second-order valence-electron chi connectivity index (χ2n) is 4.21. The van der Waals surface area contributed by atoms with Crippen molar-refractivity contribution in [3.8, 4) is 0 Å². The lowest BCUT2D eigenvalue weighted by Crippen LogP contribution is -2.53. The summed E-state index contributed by atoms with van der Waals surface area (Å²) in [5.41, 5.74) is -0.594. The summed E-state index contributed by atoms with van der Waals surface area (Å²) in [4.78, 5) is 4.44. The number of amidine groups is 1. The van der Waals surface area contributed by atoms with Gasteiger partial charge in [-0.1, -0.05) is 13.3 Å². The molecule has 0 amide bonds. The molecule has 0 unspecified atom stereocenters. The molecule has 0 aromatic carbocycles. The van der Waals surface area contributed by atoms with Crippen LogP contribution in [-0.2, 0) is 0 Å². The number of hydrogen-bond acceptors (Lipinski definition) is 4. The zero-order valence-electron chi connectivity index (χ0n) is 9.50. The average molecular weight is 214 g/mol. The zero-order valence-corrected chi connectivity index (χ0v) is 9.50. The van der Waals surface area contributed by atoms with Gasteiger partial charge in [-0.15, -0.1) is 0 Å². The molecule has 15 heavy (non-hydrogen) atoms. The number of rotatable bonds is 4. The van der Waals surface area contributed by atoms with Crippen molar-refractivity contribution < 1.29 is 10.2 Å². The van der Waals surface area contributed by atoms with Gasteiger partial charge in [0.05, 0.1) is 24.6 Å². The Kier molecular flexibility index (Phi) is 5.05. The second-order valence-corrected chi connectivity index (χ2v) is 4.21. The highest BCUT2D eigenvalue weighted by molar-refractivity contribution is 5.83. The number of nitrogens with zero attached hydrogens (tertiary/aromatic N) is 1. The lowest BCUT2D eigenvalue weighted by atomic mass is 9.98. The van der Waals surface area contributed by atoms with Crippen LogP contribution in [0.15, 0.2) is 4.99 Å². The standard InChI is InChI=1S/C11H22N2O2/c1-2-11(8-14,9-15)13-10-6-4-3-5-7-12-10/h14-15H,2-9H2,1H3,(H,12,13). The highest BCUT2D eigenvalue weighted by Crippen LogP contribution is 2.12. The largest absolute Gasteiger partial charge is 0.394 e. The molecule has 88 valence electrons. The summed E-state index contributed by atoms with van der Waals surface area (Å²) >= 11 is 0. The van der Waals surface area contributed by atoms with Gasteiger partial charge in [0.15, 0.2) is 0 Å². The van der Waals surface area contributed by atoms with E-state index < -0.39 is 5.54 Å². The molecule has 0 radical (unpaired) electrons. The molecule has 4 heteroatoms. The van der Waals surface area contributed by atoms with Crippen molar-refractivity contribution in [2.75, 3.05) is 19.8 Å². The first kappa shape index (κ1) is 12.5. The van der Waals surface area contributed by atoms with Gasteiger partial charge in [0.1, 0.15) is 0 Å². The van der Waals surface area contributed by atoms with Crippen molar-refractivity contribution in [3.05, 3.63) is 0 Å². The molecule has 0 spiro atoms. The fourth-order valence-corrected chi connectivity index (χ4v) is 1.72. The van der Waals surface area contributed by atoms with E-state index in [1.807, 2.05) is 6.92 Å². The zero-order chi connectivity index (χ0) is 11.1. The smallest absolute Gasteiger partial charge is 0.0968 e. The van der Waals surface area contributed by atoms with E-state index in [-0.39, 0.29) is 13.2 Å². The maximum absolute atomic E-state index is 9.30. The van der Waals surface area contributed by atoms with Crippen LogP contribution in [-0.4, -0.2) is 41.3 Å². The van der Waals surface area contributed by atoms with Crippen molar-refractivity contribution >= 4 is 5.84 Å². The van der Waals surface area contributed by atoms with Crippen LogP contribution in [0.1, 0.15) is 39.0 Å². The Morgan fingerprint density at radius 2 is 2.00 bits per heavy atom. The number of nitrogens with one attached hydrogen (secondary N) is 1. The third kappa shape index (κ3) is 3.47. The average Bonchev–Trinajstić information content (AvgIpc) is 2.54. The monoisotopic (exact) mass is 214 g/mol. The first-order chi connectivity index (χ1) is 7.26. The third-order valence-corrected chi connectivity index (χ3v) is 3.07. The van der Waals surface area contributed by atoms with Crippen molar-refractivity contribution in [1.82, 2.24) is 5.32 Å². The highest BCUT2D eigenvalue weighted by atomic mass is 16.3. The molecular formula is C11H22N2O2. The molecular weight excluding hydrogens is 192 g/mol. The Morgan fingerprint density at radius 1 is 1.27 bits per heavy atom. The van der Waals surface area contributed by atoms with Crippen molar-refractivity contribution in [2.24, 2.45) is 4.99 Å². The molecule has 1 aliphatic heterocycles. The van der Waals surface area contributed by atoms with Gasteiger partial charge >= 0.3 is 0 Å². The maximum Gasteiger partial charge on any atom is 0.0968 e. The summed E-state index contributed by atoms with van der Waals surface area (Å²) in [5.74, 6) is 0.942. The van der Waals surface area contributed by atoms with Crippen molar-refractivity contribution in [2.45, 2.75) is 44.6 Å². The van der Waals surface area contributed by atoms with E-state index in [1.54, 1.807) is 0 Å². The van der Waals surface area contributed by atoms with Crippen LogP contribution in [0.25, 0.3) is 0 Å². The summed E-state index contributed by atoms with van der Waals surface area (Å²) < 4.78 is 0. The lowest BCUT2D eigenvalue weighted by molar-refractivity contribution is 0.102. The minimum absolute atomic E-state index is 0.0565. The summed E-state index contributed by atoms with van der Waals surface area (Å²) in [6.45, 7) is 2.70. The minimum atomic E-state index is -0.594. The van der Waals surface area contributed by atoms with Crippen LogP contribution in [0, 0.1) is 0 Å². The second kappa shape index (κ2) is 6.08. The first-order valence-electron chi connectivity index (χ1n) is 5.79. The van der Waals surface area contributed by atoms with Gasteiger partial charge in [-0.3, -0.25) is 4.99 Å². The van der Waals surface area contributed by atoms with E-state index in [0.29, 0.717) is 6.42 Å². The van der Waals surface area contributed by atoms with Gasteiger partial charge < -0.3 is 15.5 Å². The molecule has 0 aromatic heterocycles. The molecule has 1 heterocycles. The van der Waals surface area contributed by atoms with E-state index in [2.05, 4.69) is 10.3 Å². The Balaban J connectivity index is 2.59. The molecule has 0 bridgehead atoms. The van der Waals surface area contributed by atoms with Gasteiger partial charge in [0.2, 0.25) is 0 Å². The Hall–Kier alpha value is -0.610. The van der Waals surface area contributed by atoms with Crippen LogP contribution in [0.2, 0.25) is 0 Å². The summed E-state index contributed by atoms with van der Waals surface area (Å²) in [6.07, 6.45) is 5.12. The fourth-order valence-electron chi connectivity index (χ4n) is 1.72. The van der Waals surface area contributed by atoms with E-state index >= 15 is 0 Å². The third-order valence-electron chi connectivity index (χ3n) is 3.07. The Morgan fingerprint density at radius 3 is 2.60 bits per heavy atom. The number of aliphatic hydroxyl groups is 2. The molecule has 0 saturated heterocycles. The predicted octanol–water partition coefficient (Wildman–Crippen LogP) is 0.682. The van der Waals surface area contributed by atoms with Crippen molar-refractivity contribution in [1.29, 1.82) is 0 Å². The summed E-state index contributed by atoms with van der Waals surface area (Å²) in [6, 6.07) is 0. The minimum Gasteiger partial charge on any atom is -0.394 e. The molecule has 0 aliphatic carbocycles. The molecule has 1 aliphatic rings. The summed E-state index contributed by atoms with van der Waals surface area (Å²) in [5, 5.41) is 21.8. The van der Waals surface area contributed by atoms with Gasteiger partial charge in [0, 0.05) is 13.0 Å². The van der Waals surface area contributed by atoms with Crippen molar-refractivity contribution in [3.63, 3.8) is 0 Å². The molecule has 0 aromatic rings. The lowest BCUT2D eigenvalue weighted by Gasteiger charge is -2.31. The quantitative estimate of drug-likeness (QED) is 0.645. The first-order valence-corrected chi connectivity index (χ1v) is 5.79. The fraction of sp³-hybridized carbons (Fsp3) is 0.909. The van der Waals surface area contributed by atoms with Gasteiger partial charge in [-0.2, -0.15) is 0 Å². The Bertz CT molecular complexity index is 204. The van der Waals surface area contributed by atoms with E-state index in [4.69, 9.17) is 0 Å². The van der Waals surface area contributed by atoms with Crippen LogP contribution in [0.4, 0.5) is 0 Å². The molecule has 0 fully saturated rings. The highest BCUT2D eigenvalue weighted by Gasteiger charge is 2.27. The number of aliphatic hydroxyl groups excluding tert-OH is 2. The molecule has 3 N–H and O–H groups in total. The topological polar surface area (TPSA) is 64.8 Å². The van der Waals surface area contributed by atoms with Gasteiger partial charge in [-0.05, 0) is 19.3 Å². The molecule has 4 nitrogen and oxygen atoms in total. The number of hydrogen-bond donors (Lipinski definition) is 3. The van der Waals surface area contributed by atoms with Crippen LogP contribution >= 0.6 is 0 Å². The van der Waals surface area contributed by atoms with E-state index in [0.717, 1.165) is 31.6 Å². The molecule has 0 atom stereocenters. The SMILES string of the molecule is CCC(CO)(CO)NC1=NCCCCC1. The van der Waals surface area contributed by atoms with Gasteiger partial charge in [0.25, 0.3) is 0 Å². The molecule has 0 saturated carbocycles. The summed E-state index contributed by atoms with van der Waals surface area (Å²) in [7, 11) is 0. The van der Waals surface area contributed by atoms with Crippen LogP contribution in [0.5, 0.6) is 0 Å². The van der Waals surface area contributed by atoms with E-state index in [1.165, 1.54) is 6.42 Å². The van der Waals surface area contributed by atoms with Crippen LogP contribution in [0.3, 0.4) is 0 Å². The molecule has 1 rings (SSSR count). The normalized spacial score (nSPS) is 18.2.